The van der Waals surface area contributed by atoms with E-state index in [4.69, 9.17) is 9.47 Å². The predicted octanol–water partition coefficient (Wildman–Crippen LogP) is 7.42. The highest BCUT2D eigenvalue weighted by molar-refractivity contribution is 5.95. The summed E-state index contributed by atoms with van der Waals surface area (Å²) < 4.78 is 10.6. The van der Waals surface area contributed by atoms with Crippen molar-refractivity contribution in [3.05, 3.63) is 65.7 Å². The van der Waals surface area contributed by atoms with Gasteiger partial charge in [-0.1, -0.05) is 127 Å². The molecule has 2 atom stereocenters. The van der Waals surface area contributed by atoms with Gasteiger partial charge in [-0.05, 0) is 36.6 Å². The molecule has 0 saturated carbocycles. The highest BCUT2D eigenvalue weighted by atomic mass is 16.5. The maximum Gasteiger partial charge on any atom is 0.336 e. The molecule has 0 fully saturated rings. The van der Waals surface area contributed by atoms with E-state index in [0.717, 1.165) is 18.4 Å². The standard InChI is InChI=1S/C34H51NO5/c1-3-4-5-6-7-8-9-10-11-12-13-14-15-19-25-40-30-24-20-23-29(27-30)33(37)35-31(32(36)34(38)39-2)26-28-21-17-16-18-22-28/h16-18,20-24,27,31-32,36H,3-15,19,25-26H2,1-2H3,(H,35,37)/t31-,32+/m0/s1. The Bertz CT molecular complexity index is 948. The summed E-state index contributed by atoms with van der Waals surface area (Å²) in [7, 11) is 1.21. The van der Waals surface area contributed by atoms with Crippen molar-refractivity contribution in [1.82, 2.24) is 5.32 Å². The number of nitrogens with one attached hydrogen (secondary N) is 1. The Hall–Kier alpha value is -2.86. The van der Waals surface area contributed by atoms with Gasteiger partial charge in [-0.2, -0.15) is 0 Å². The van der Waals surface area contributed by atoms with Gasteiger partial charge in [0.15, 0.2) is 6.10 Å². The molecule has 6 heteroatoms. The fourth-order valence-electron chi connectivity index (χ4n) is 4.86. The lowest BCUT2D eigenvalue weighted by molar-refractivity contribution is -0.151. The molecule has 2 aromatic carbocycles. The third-order valence-corrected chi connectivity index (χ3v) is 7.30. The van der Waals surface area contributed by atoms with Crippen LogP contribution in [0.3, 0.4) is 0 Å². The third kappa shape index (κ3) is 14.0. The number of hydrogen-bond donors (Lipinski definition) is 2. The molecule has 2 aromatic rings. The summed E-state index contributed by atoms with van der Waals surface area (Å²) in [6.45, 7) is 2.88. The first kappa shape index (κ1) is 33.3. The SMILES string of the molecule is CCCCCCCCCCCCCCCCOc1cccc(C(=O)N[C@@H](Cc2ccccc2)[C@@H](O)C(=O)OC)c1. The van der Waals surface area contributed by atoms with Crippen molar-refractivity contribution in [2.24, 2.45) is 0 Å². The molecule has 2 rings (SSSR count). The first-order valence-corrected chi connectivity index (χ1v) is 15.4. The van der Waals surface area contributed by atoms with Gasteiger partial charge in [-0.25, -0.2) is 4.79 Å². The Morgan fingerprint density at radius 1 is 0.775 bits per heavy atom. The zero-order valence-electron chi connectivity index (χ0n) is 24.7. The predicted molar refractivity (Wildman–Crippen MR) is 162 cm³/mol. The van der Waals surface area contributed by atoms with Crippen molar-refractivity contribution in [3.8, 4) is 5.75 Å². The molecular formula is C34H51NO5. The molecule has 40 heavy (non-hydrogen) atoms. The zero-order valence-corrected chi connectivity index (χ0v) is 24.7. The van der Waals surface area contributed by atoms with Crippen molar-refractivity contribution >= 4 is 11.9 Å². The van der Waals surface area contributed by atoms with Gasteiger partial charge >= 0.3 is 5.97 Å². The van der Waals surface area contributed by atoms with Gasteiger partial charge in [0.2, 0.25) is 0 Å². The highest BCUT2D eigenvalue weighted by Crippen LogP contribution is 2.17. The number of unbranched alkanes of at least 4 members (excludes halogenated alkanes) is 13. The minimum Gasteiger partial charge on any atom is -0.494 e. The maximum atomic E-state index is 13.0. The molecule has 0 spiro atoms. The number of benzene rings is 2. The van der Waals surface area contributed by atoms with E-state index in [2.05, 4.69) is 12.2 Å². The summed E-state index contributed by atoms with van der Waals surface area (Å²) in [5, 5.41) is 13.3. The molecule has 0 aliphatic carbocycles. The maximum absolute atomic E-state index is 13.0. The second-order valence-electron chi connectivity index (χ2n) is 10.7. The monoisotopic (exact) mass is 553 g/mol. The van der Waals surface area contributed by atoms with Crippen LogP contribution in [0.25, 0.3) is 0 Å². The topological polar surface area (TPSA) is 84.9 Å². The summed E-state index contributed by atoms with van der Waals surface area (Å²) >= 11 is 0. The molecule has 0 heterocycles. The van der Waals surface area contributed by atoms with E-state index in [1.165, 1.54) is 84.2 Å². The molecule has 0 saturated heterocycles. The number of carbonyl (C=O) groups is 2. The Morgan fingerprint density at radius 2 is 1.35 bits per heavy atom. The quantitative estimate of drug-likeness (QED) is 0.117. The third-order valence-electron chi connectivity index (χ3n) is 7.30. The van der Waals surface area contributed by atoms with E-state index >= 15 is 0 Å². The zero-order chi connectivity index (χ0) is 28.8. The van der Waals surface area contributed by atoms with Crippen molar-refractivity contribution in [2.45, 2.75) is 115 Å². The number of ether oxygens (including phenoxy) is 2. The number of hydrogen-bond acceptors (Lipinski definition) is 5. The summed E-state index contributed by atoms with van der Waals surface area (Å²) in [5.41, 5.74) is 1.30. The van der Waals surface area contributed by atoms with Crippen LogP contribution < -0.4 is 10.1 Å². The van der Waals surface area contributed by atoms with Gasteiger partial charge in [-0.3, -0.25) is 4.79 Å². The van der Waals surface area contributed by atoms with E-state index in [1.807, 2.05) is 36.4 Å². The van der Waals surface area contributed by atoms with Crippen LogP contribution in [-0.4, -0.2) is 42.8 Å². The largest absolute Gasteiger partial charge is 0.494 e. The van der Waals surface area contributed by atoms with Crippen LogP contribution >= 0.6 is 0 Å². The fourth-order valence-corrected chi connectivity index (χ4v) is 4.86. The summed E-state index contributed by atoms with van der Waals surface area (Å²) in [6.07, 6.45) is 17.2. The summed E-state index contributed by atoms with van der Waals surface area (Å²) in [6, 6.07) is 15.6. The Labute approximate surface area is 241 Å². The molecular weight excluding hydrogens is 502 g/mol. The minimum absolute atomic E-state index is 0.290. The van der Waals surface area contributed by atoms with E-state index < -0.39 is 18.1 Å². The molecule has 222 valence electrons. The molecule has 0 radical (unpaired) electrons. The molecule has 0 aliphatic heterocycles. The Kier molecular flexibility index (Phi) is 17.5. The molecule has 0 aliphatic rings. The number of esters is 1. The van der Waals surface area contributed by atoms with Gasteiger partial charge in [0, 0.05) is 5.56 Å². The number of methoxy groups -OCH3 is 1. The van der Waals surface area contributed by atoms with Crippen molar-refractivity contribution < 1.29 is 24.2 Å². The average Bonchev–Trinajstić information content (AvgIpc) is 2.98. The number of rotatable bonds is 22. The van der Waals surface area contributed by atoms with Crippen LogP contribution in [0.5, 0.6) is 5.75 Å². The van der Waals surface area contributed by atoms with Crippen LogP contribution in [-0.2, 0) is 16.0 Å². The molecule has 0 aromatic heterocycles. The molecule has 1 amide bonds. The second kappa shape index (κ2) is 21.0. The minimum atomic E-state index is -1.48. The number of aliphatic hydroxyl groups excluding tert-OH is 1. The summed E-state index contributed by atoms with van der Waals surface area (Å²) in [4.78, 5) is 25.0. The lowest BCUT2D eigenvalue weighted by atomic mass is 10.0. The van der Waals surface area contributed by atoms with Gasteiger partial charge in [0.1, 0.15) is 5.75 Å². The van der Waals surface area contributed by atoms with Crippen LogP contribution in [0.2, 0.25) is 0 Å². The highest BCUT2D eigenvalue weighted by Gasteiger charge is 2.29. The van der Waals surface area contributed by atoms with Crippen LogP contribution in [0.1, 0.15) is 113 Å². The van der Waals surface area contributed by atoms with Gasteiger partial charge in [-0.15, -0.1) is 0 Å². The lowest BCUT2D eigenvalue weighted by Gasteiger charge is -2.23. The lowest BCUT2D eigenvalue weighted by Crippen LogP contribution is -2.48. The molecule has 2 N–H and O–H groups in total. The van der Waals surface area contributed by atoms with Gasteiger partial charge in [0.05, 0.1) is 19.8 Å². The number of aliphatic hydroxyl groups is 1. The van der Waals surface area contributed by atoms with E-state index in [0.29, 0.717) is 17.9 Å². The van der Waals surface area contributed by atoms with E-state index in [-0.39, 0.29) is 12.3 Å². The summed E-state index contributed by atoms with van der Waals surface area (Å²) in [5.74, 6) is -0.534. The first-order chi connectivity index (χ1) is 19.5. The van der Waals surface area contributed by atoms with Crippen molar-refractivity contribution in [1.29, 1.82) is 0 Å². The van der Waals surface area contributed by atoms with Crippen LogP contribution in [0.15, 0.2) is 54.6 Å². The smallest absolute Gasteiger partial charge is 0.336 e. The fraction of sp³-hybridized carbons (Fsp3) is 0.588. The van der Waals surface area contributed by atoms with Gasteiger partial charge < -0.3 is 19.9 Å². The molecule has 6 nitrogen and oxygen atoms in total. The van der Waals surface area contributed by atoms with Crippen molar-refractivity contribution in [2.75, 3.05) is 13.7 Å². The van der Waals surface area contributed by atoms with E-state index in [1.54, 1.807) is 18.2 Å². The number of carbonyl (C=O) groups excluding carboxylic acids is 2. The van der Waals surface area contributed by atoms with Crippen molar-refractivity contribution in [3.63, 3.8) is 0 Å². The Morgan fingerprint density at radius 3 is 1.93 bits per heavy atom. The molecule has 0 unspecified atom stereocenters. The normalized spacial score (nSPS) is 12.5. The van der Waals surface area contributed by atoms with Gasteiger partial charge in [0.25, 0.3) is 5.91 Å². The average molecular weight is 554 g/mol. The van der Waals surface area contributed by atoms with Crippen LogP contribution in [0, 0.1) is 0 Å². The van der Waals surface area contributed by atoms with E-state index in [9.17, 15) is 14.7 Å². The number of amides is 1. The second-order valence-corrected chi connectivity index (χ2v) is 10.7. The first-order valence-electron chi connectivity index (χ1n) is 15.4. The van der Waals surface area contributed by atoms with Crippen LogP contribution in [0.4, 0.5) is 0 Å². The Balaban J connectivity index is 1.66. The molecule has 0 bridgehead atoms.